The maximum atomic E-state index is 12.8. The average Bonchev–Trinajstić information content (AvgIpc) is 2.59. The van der Waals surface area contributed by atoms with Crippen molar-refractivity contribution in [3.05, 3.63) is 48.5 Å². The number of amides is 1. The first-order chi connectivity index (χ1) is 12.7. The third kappa shape index (κ3) is 4.99. The lowest BCUT2D eigenvalue weighted by Crippen LogP contribution is -2.49. The molecule has 1 N–H and O–H groups in total. The topological polar surface area (TPSA) is 47.6 Å². The summed E-state index contributed by atoms with van der Waals surface area (Å²) in [6, 6.07) is 16.0. The summed E-state index contributed by atoms with van der Waals surface area (Å²) in [4.78, 5) is 12.8. The number of fused-ring (bicyclic) bond motifs is 1. The molecule has 144 valence electrons. The Morgan fingerprint density at radius 1 is 1.11 bits per heavy atom. The smallest absolute Gasteiger partial charge is 0.268 e. The van der Waals surface area contributed by atoms with E-state index in [2.05, 4.69) is 51.3 Å². The Bertz CT molecular complexity index is 799. The molecule has 1 aliphatic heterocycles. The van der Waals surface area contributed by atoms with Crippen molar-refractivity contribution in [2.45, 2.75) is 52.5 Å². The van der Waals surface area contributed by atoms with Gasteiger partial charge in [-0.1, -0.05) is 57.2 Å². The molecule has 0 saturated carbocycles. The quantitative estimate of drug-likeness (QED) is 0.750. The zero-order valence-electron chi connectivity index (χ0n) is 16.8. The van der Waals surface area contributed by atoms with Crippen molar-refractivity contribution in [3.63, 3.8) is 0 Å². The second kappa shape index (κ2) is 7.86. The average molecular weight is 384 g/mol. The summed E-state index contributed by atoms with van der Waals surface area (Å²) >= 11 is 0. The summed E-state index contributed by atoms with van der Waals surface area (Å²) in [5.41, 5.74) is 2.92. The normalized spacial score (nSPS) is 17.9. The van der Waals surface area contributed by atoms with E-state index in [0.717, 1.165) is 17.5 Å². The standard InChI is InChI=1S/C22H29NO3Si/c1-22(2,3)14-19(26-27(4)5)20-21(24)23-17-13-16(11-12-18(17)25-20)15-9-7-6-8-10-15/h6-13,19-20,27H,14H2,1-5H3,(H,23,24). The lowest BCUT2D eigenvalue weighted by atomic mass is 9.87. The number of benzene rings is 2. The van der Waals surface area contributed by atoms with E-state index < -0.39 is 15.1 Å². The van der Waals surface area contributed by atoms with Crippen LogP contribution in [0, 0.1) is 5.41 Å². The number of carbonyl (C=O) groups excluding carboxylic acids is 1. The van der Waals surface area contributed by atoms with Crippen LogP contribution in [-0.4, -0.2) is 27.2 Å². The molecule has 0 saturated heterocycles. The van der Waals surface area contributed by atoms with E-state index in [4.69, 9.17) is 9.16 Å². The molecule has 2 aromatic rings. The first-order valence-corrected chi connectivity index (χ1v) is 12.3. The second-order valence-electron chi connectivity index (χ2n) is 8.59. The molecule has 0 aliphatic carbocycles. The summed E-state index contributed by atoms with van der Waals surface area (Å²) in [6.07, 6.45) is -0.0823. The third-order valence-electron chi connectivity index (χ3n) is 4.46. The molecule has 0 aromatic heterocycles. The van der Waals surface area contributed by atoms with E-state index in [9.17, 15) is 4.79 Å². The van der Waals surface area contributed by atoms with E-state index in [1.807, 2.05) is 36.4 Å². The number of rotatable bonds is 5. The van der Waals surface area contributed by atoms with Crippen LogP contribution in [-0.2, 0) is 9.22 Å². The maximum absolute atomic E-state index is 12.8. The van der Waals surface area contributed by atoms with Gasteiger partial charge in [0.2, 0.25) is 6.10 Å². The molecule has 2 aromatic carbocycles. The number of carbonyl (C=O) groups is 1. The molecule has 3 rings (SSSR count). The van der Waals surface area contributed by atoms with Crippen molar-refractivity contribution < 1.29 is 14.0 Å². The van der Waals surface area contributed by atoms with Gasteiger partial charge in [-0.15, -0.1) is 0 Å². The number of hydrogen-bond acceptors (Lipinski definition) is 3. The van der Waals surface area contributed by atoms with Gasteiger partial charge in [0, 0.05) is 0 Å². The predicted octanol–water partition coefficient (Wildman–Crippen LogP) is 4.86. The SMILES string of the molecule is C[SiH](C)OC(CC(C)(C)C)C1Oc2ccc(-c3ccccc3)cc2NC1=O. The van der Waals surface area contributed by atoms with Gasteiger partial charge < -0.3 is 14.5 Å². The van der Waals surface area contributed by atoms with Gasteiger partial charge in [-0.2, -0.15) is 0 Å². The van der Waals surface area contributed by atoms with Crippen molar-refractivity contribution in [1.82, 2.24) is 0 Å². The Labute approximate surface area is 163 Å². The van der Waals surface area contributed by atoms with E-state index in [-0.39, 0.29) is 17.4 Å². The van der Waals surface area contributed by atoms with Gasteiger partial charge in [0.25, 0.3) is 5.91 Å². The van der Waals surface area contributed by atoms with E-state index in [0.29, 0.717) is 11.4 Å². The molecule has 0 fully saturated rings. The van der Waals surface area contributed by atoms with Crippen LogP contribution in [0.3, 0.4) is 0 Å². The minimum Gasteiger partial charge on any atom is -0.476 e. The Hall–Kier alpha value is -2.11. The fourth-order valence-electron chi connectivity index (χ4n) is 3.36. The first-order valence-electron chi connectivity index (χ1n) is 9.55. The lowest BCUT2D eigenvalue weighted by molar-refractivity contribution is -0.128. The van der Waals surface area contributed by atoms with Crippen molar-refractivity contribution >= 4 is 20.6 Å². The van der Waals surface area contributed by atoms with Gasteiger partial charge in [0.15, 0.2) is 9.04 Å². The molecule has 0 radical (unpaired) electrons. The van der Waals surface area contributed by atoms with E-state index in [1.54, 1.807) is 0 Å². The molecule has 1 amide bonds. The highest BCUT2D eigenvalue weighted by Gasteiger charge is 2.38. The van der Waals surface area contributed by atoms with Crippen LogP contribution in [0.1, 0.15) is 27.2 Å². The number of ether oxygens (including phenoxy) is 1. The molecule has 0 bridgehead atoms. The van der Waals surface area contributed by atoms with Crippen LogP contribution in [0.25, 0.3) is 11.1 Å². The Morgan fingerprint density at radius 2 is 1.81 bits per heavy atom. The minimum atomic E-state index is -1.31. The van der Waals surface area contributed by atoms with Crippen LogP contribution in [0.4, 0.5) is 5.69 Å². The highest BCUT2D eigenvalue weighted by atomic mass is 28.3. The van der Waals surface area contributed by atoms with Gasteiger partial charge in [-0.3, -0.25) is 4.79 Å². The van der Waals surface area contributed by atoms with Gasteiger partial charge in [0.1, 0.15) is 5.75 Å². The maximum Gasteiger partial charge on any atom is 0.268 e. The molecule has 5 heteroatoms. The predicted molar refractivity (Wildman–Crippen MR) is 113 cm³/mol. The Balaban J connectivity index is 1.85. The molecule has 2 unspecified atom stereocenters. The van der Waals surface area contributed by atoms with Crippen LogP contribution >= 0.6 is 0 Å². The van der Waals surface area contributed by atoms with Crippen LogP contribution < -0.4 is 10.1 Å². The van der Waals surface area contributed by atoms with Crippen molar-refractivity contribution in [2.75, 3.05) is 5.32 Å². The number of nitrogens with one attached hydrogen (secondary N) is 1. The highest BCUT2D eigenvalue weighted by Crippen LogP contribution is 2.36. The molecule has 1 heterocycles. The van der Waals surface area contributed by atoms with Gasteiger partial charge in [-0.05, 0) is 48.2 Å². The Kier molecular flexibility index (Phi) is 5.72. The monoisotopic (exact) mass is 383 g/mol. The summed E-state index contributed by atoms with van der Waals surface area (Å²) in [5, 5.41) is 3.03. The summed E-state index contributed by atoms with van der Waals surface area (Å²) in [7, 11) is -1.31. The molecule has 2 atom stereocenters. The molecular formula is C22H29NO3Si. The first kappa shape index (κ1) is 19.6. The second-order valence-corrected chi connectivity index (χ2v) is 11.0. The van der Waals surface area contributed by atoms with Crippen molar-refractivity contribution in [3.8, 4) is 16.9 Å². The fraction of sp³-hybridized carbons (Fsp3) is 0.409. The zero-order chi connectivity index (χ0) is 19.6. The number of hydrogen-bond donors (Lipinski definition) is 1. The van der Waals surface area contributed by atoms with Crippen LogP contribution in [0.2, 0.25) is 13.1 Å². The van der Waals surface area contributed by atoms with Gasteiger partial charge >= 0.3 is 0 Å². The third-order valence-corrected chi connectivity index (χ3v) is 5.35. The molecule has 4 nitrogen and oxygen atoms in total. The highest BCUT2D eigenvalue weighted by molar-refractivity contribution is 6.48. The molecule has 1 aliphatic rings. The van der Waals surface area contributed by atoms with E-state index >= 15 is 0 Å². The van der Waals surface area contributed by atoms with Gasteiger partial charge in [0.05, 0.1) is 11.8 Å². The van der Waals surface area contributed by atoms with Crippen LogP contribution in [0.5, 0.6) is 5.75 Å². The summed E-state index contributed by atoms with van der Waals surface area (Å²) < 4.78 is 12.3. The largest absolute Gasteiger partial charge is 0.476 e. The van der Waals surface area contributed by atoms with Crippen molar-refractivity contribution in [2.24, 2.45) is 5.41 Å². The van der Waals surface area contributed by atoms with Gasteiger partial charge in [-0.25, -0.2) is 0 Å². The molecular weight excluding hydrogens is 354 g/mol. The summed E-state index contributed by atoms with van der Waals surface area (Å²) in [6.45, 7) is 10.7. The Morgan fingerprint density at radius 3 is 2.44 bits per heavy atom. The number of anilines is 1. The van der Waals surface area contributed by atoms with E-state index in [1.165, 1.54) is 0 Å². The molecule has 0 spiro atoms. The lowest BCUT2D eigenvalue weighted by Gasteiger charge is -2.35. The van der Waals surface area contributed by atoms with Crippen LogP contribution in [0.15, 0.2) is 48.5 Å². The summed E-state index contributed by atoms with van der Waals surface area (Å²) in [5.74, 6) is 0.573. The fourth-order valence-corrected chi connectivity index (χ4v) is 4.30. The minimum absolute atomic E-state index is 0.0506. The van der Waals surface area contributed by atoms with Crippen molar-refractivity contribution in [1.29, 1.82) is 0 Å². The molecule has 27 heavy (non-hydrogen) atoms. The zero-order valence-corrected chi connectivity index (χ0v) is 17.9.